The van der Waals surface area contributed by atoms with Crippen LogP contribution in [0.25, 0.3) is 0 Å². The van der Waals surface area contributed by atoms with Gasteiger partial charge in [-0.2, -0.15) is 0 Å². The number of thiophene rings is 1. The summed E-state index contributed by atoms with van der Waals surface area (Å²) in [4.78, 5) is 0. The van der Waals surface area contributed by atoms with E-state index in [9.17, 15) is 8.42 Å². The first-order valence-electron chi connectivity index (χ1n) is 4.26. The third kappa shape index (κ3) is 3.53. The number of hydrogen-bond donors (Lipinski definition) is 2. The molecule has 0 radical (unpaired) electrons. The molecular formula is C8H12BrNO3S2. The van der Waals surface area contributed by atoms with Crippen molar-refractivity contribution in [1.29, 1.82) is 0 Å². The molecule has 0 bridgehead atoms. The summed E-state index contributed by atoms with van der Waals surface area (Å²) in [6.07, 6.45) is -0.690. The zero-order chi connectivity index (χ0) is 11.6. The van der Waals surface area contributed by atoms with E-state index in [1.54, 1.807) is 6.07 Å². The molecule has 0 aliphatic rings. The Balaban J connectivity index is 2.87. The van der Waals surface area contributed by atoms with Gasteiger partial charge in [0.25, 0.3) is 0 Å². The third-order valence-electron chi connectivity index (χ3n) is 1.67. The van der Waals surface area contributed by atoms with Crippen molar-refractivity contribution in [2.75, 3.05) is 6.54 Å². The van der Waals surface area contributed by atoms with Crippen LogP contribution in [-0.4, -0.2) is 26.2 Å². The SMILES string of the molecule is Cc1cc(S(=O)(=O)NC[C@H](C)O)sc1Br. The smallest absolute Gasteiger partial charge is 0.250 e. The van der Waals surface area contributed by atoms with Crippen molar-refractivity contribution in [3.63, 3.8) is 0 Å². The van der Waals surface area contributed by atoms with Gasteiger partial charge in [-0.25, -0.2) is 13.1 Å². The van der Waals surface area contributed by atoms with Gasteiger partial charge in [-0.05, 0) is 41.4 Å². The Labute approximate surface area is 102 Å². The Hall–Kier alpha value is 0.0500. The number of hydrogen-bond acceptors (Lipinski definition) is 4. The van der Waals surface area contributed by atoms with E-state index < -0.39 is 16.1 Å². The summed E-state index contributed by atoms with van der Waals surface area (Å²) < 4.78 is 26.7. The third-order valence-corrected chi connectivity index (χ3v) is 5.70. The van der Waals surface area contributed by atoms with Crippen LogP contribution < -0.4 is 4.72 Å². The fourth-order valence-electron chi connectivity index (χ4n) is 0.866. The van der Waals surface area contributed by atoms with Crippen molar-refractivity contribution >= 4 is 37.3 Å². The van der Waals surface area contributed by atoms with Crippen LogP contribution in [0.2, 0.25) is 0 Å². The van der Waals surface area contributed by atoms with E-state index in [-0.39, 0.29) is 10.8 Å². The molecule has 0 aliphatic heterocycles. The lowest BCUT2D eigenvalue weighted by Crippen LogP contribution is -2.30. The summed E-state index contributed by atoms with van der Waals surface area (Å²) in [6, 6.07) is 1.60. The van der Waals surface area contributed by atoms with Gasteiger partial charge < -0.3 is 5.11 Å². The van der Waals surface area contributed by atoms with E-state index >= 15 is 0 Å². The predicted molar refractivity (Wildman–Crippen MR) is 63.6 cm³/mol. The normalized spacial score (nSPS) is 14.1. The van der Waals surface area contributed by atoms with Crippen LogP contribution in [0.3, 0.4) is 0 Å². The Kier molecular flexibility index (Phi) is 4.30. The number of sulfonamides is 1. The molecule has 15 heavy (non-hydrogen) atoms. The van der Waals surface area contributed by atoms with Crippen LogP contribution in [0.1, 0.15) is 12.5 Å². The number of halogens is 1. The number of aryl methyl sites for hydroxylation is 1. The first-order chi connectivity index (χ1) is 6.83. The summed E-state index contributed by atoms with van der Waals surface area (Å²) >= 11 is 4.42. The summed E-state index contributed by atoms with van der Waals surface area (Å²) in [7, 11) is -3.48. The van der Waals surface area contributed by atoms with Crippen molar-refractivity contribution < 1.29 is 13.5 Å². The van der Waals surface area contributed by atoms with Gasteiger partial charge in [0.2, 0.25) is 10.0 Å². The lowest BCUT2D eigenvalue weighted by molar-refractivity contribution is 0.198. The van der Waals surface area contributed by atoms with Gasteiger partial charge in [0.15, 0.2) is 0 Å². The van der Waals surface area contributed by atoms with Crippen molar-refractivity contribution in [2.24, 2.45) is 0 Å². The van der Waals surface area contributed by atoms with Crippen molar-refractivity contribution in [3.8, 4) is 0 Å². The Morgan fingerprint density at radius 1 is 1.67 bits per heavy atom. The number of nitrogens with one attached hydrogen (secondary N) is 1. The van der Waals surface area contributed by atoms with Gasteiger partial charge in [-0.1, -0.05) is 0 Å². The van der Waals surface area contributed by atoms with Gasteiger partial charge in [0.1, 0.15) is 4.21 Å². The number of aliphatic hydroxyl groups excluding tert-OH is 1. The minimum Gasteiger partial charge on any atom is -0.392 e. The second-order valence-electron chi connectivity index (χ2n) is 3.22. The molecule has 0 aliphatic carbocycles. The van der Waals surface area contributed by atoms with E-state index in [4.69, 9.17) is 5.11 Å². The highest BCUT2D eigenvalue weighted by molar-refractivity contribution is 9.11. The minimum atomic E-state index is -3.48. The second-order valence-corrected chi connectivity index (χ2v) is 7.59. The van der Waals surface area contributed by atoms with E-state index in [0.717, 1.165) is 20.7 Å². The topological polar surface area (TPSA) is 66.4 Å². The average molecular weight is 314 g/mol. The van der Waals surface area contributed by atoms with Gasteiger partial charge in [0.05, 0.1) is 9.89 Å². The molecule has 0 amide bonds. The number of aliphatic hydroxyl groups is 1. The molecule has 0 saturated carbocycles. The summed E-state index contributed by atoms with van der Waals surface area (Å²) in [6.45, 7) is 3.38. The fourth-order valence-corrected chi connectivity index (χ4v) is 4.26. The average Bonchev–Trinajstić information content (AvgIpc) is 2.45. The van der Waals surface area contributed by atoms with Gasteiger partial charge >= 0.3 is 0 Å². The zero-order valence-corrected chi connectivity index (χ0v) is 11.5. The van der Waals surface area contributed by atoms with Crippen molar-refractivity contribution in [3.05, 3.63) is 15.4 Å². The van der Waals surface area contributed by atoms with E-state index in [0.29, 0.717) is 0 Å². The minimum absolute atomic E-state index is 0.0247. The molecule has 1 aromatic rings. The molecule has 0 saturated heterocycles. The Morgan fingerprint density at radius 2 is 2.27 bits per heavy atom. The molecule has 1 rings (SSSR count). The standard InChI is InChI=1S/C8H12BrNO3S2/c1-5-3-7(14-8(5)9)15(12,13)10-4-6(2)11/h3,6,10-11H,4H2,1-2H3/t6-/m0/s1. The molecule has 1 aromatic heterocycles. The monoisotopic (exact) mass is 313 g/mol. The molecule has 1 heterocycles. The zero-order valence-electron chi connectivity index (χ0n) is 8.32. The molecule has 0 unspecified atom stereocenters. The lowest BCUT2D eigenvalue weighted by atomic mass is 10.4. The van der Waals surface area contributed by atoms with Crippen LogP contribution in [0.4, 0.5) is 0 Å². The molecular weight excluding hydrogens is 302 g/mol. The predicted octanol–water partition coefficient (Wildman–Crippen LogP) is 1.48. The molecule has 1 atom stereocenters. The quantitative estimate of drug-likeness (QED) is 0.884. The second kappa shape index (κ2) is 4.92. The maximum Gasteiger partial charge on any atom is 0.250 e. The summed E-state index contributed by atoms with van der Waals surface area (Å²) in [5.74, 6) is 0. The lowest BCUT2D eigenvalue weighted by Gasteiger charge is -2.05. The molecule has 0 spiro atoms. The Bertz CT molecular complexity index is 419. The first kappa shape index (κ1) is 13.1. The van der Waals surface area contributed by atoms with Crippen LogP contribution >= 0.6 is 27.3 Å². The van der Waals surface area contributed by atoms with Crippen LogP contribution in [0.5, 0.6) is 0 Å². The van der Waals surface area contributed by atoms with Crippen LogP contribution in [-0.2, 0) is 10.0 Å². The maximum atomic E-state index is 11.7. The van der Waals surface area contributed by atoms with Gasteiger partial charge in [-0.3, -0.25) is 0 Å². The van der Waals surface area contributed by atoms with Crippen LogP contribution in [0, 0.1) is 6.92 Å². The van der Waals surface area contributed by atoms with Crippen molar-refractivity contribution in [2.45, 2.75) is 24.2 Å². The van der Waals surface area contributed by atoms with Gasteiger partial charge in [0, 0.05) is 6.54 Å². The highest BCUT2D eigenvalue weighted by Gasteiger charge is 2.18. The largest absolute Gasteiger partial charge is 0.392 e. The summed E-state index contributed by atoms with van der Waals surface area (Å²) in [5, 5.41) is 8.99. The first-order valence-corrected chi connectivity index (χ1v) is 7.36. The molecule has 7 heteroatoms. The van der Waals surface area contributed by atoms with E-state index in [1.165, 1.54) is 6.92 Å². The van der Waals surface area contributed by atoms with Crippen molar-refractivity contribution in [1.82, 2.24) is 4.72 Å². The van der Waals surface area contributed by atoms with E-state index in [2.05, 4.69) is 20.7 Å². The Morgan fingerprint density at radius 3 is 2.67 bits per heavy atom. The fraction of sp³-hybridized carbons (Fsp3) is 0.500. The molecule has 86 valence electrons. The molecule has 4 nitrogen and oxygen atoms in total. The molecule has 0 fully saturated rings. The summed E-state index contributed by atoms with van der Waals surface area (Å²) in [5.41, 5.74) is 0.887. The highest BCUT2D eigenvalue weighted by Crippen LogP contribution is 2.30. The number of rotatable bonds is 4. The highest BCUT2D eigenvalue weighted by atomic mass is 79.9. The maximum absolute atomic E-state index is 11.7. The molecule has 0 aromatic carbocycles. The van der Waals surface area contributed by atoms with E-state index in [1.807, 2.05) is 6.92 Å². The molecule has 2 N–H and O–H groups in total. The van der Waals surface area contributed by atoms with Crippen LogP contribution in [0.15, 0.2) is 14.1 Å². The van der Waals surface area contributed by atoms with Gasteiger partial charge in [-0.15, -0.1) is 11.3 Å².